The first-order valence-electron chi connectivity index (χ1n) is 5.11. The van der Waals surface area contributed by atoms with Crippen LogP contribution in [0.4, 0.5) is 0 Å². The van der Waals surface area contributed by atoms with E-state index in [0.29, 0.717) is 6.61 Å². The molecule has 1 aromatic rings. The summed E-state index contributed by atoms with van der Waals surface area (Å²) < 4.78 is 4.99. The number of ether oxygens (including phenoxy) is 1. The van der Waals surface area contributed by atoms with E-state index >= 15 is 0 Å². The summed E-state index contributed by atoms with van der Waals surface area (Å²) in [5.41, 5.74) is 1.88. The van der Waals surface area contributed by atoms with E-state index in [1.165, 1.54) is 0 Å². The fourth-order valence-electron chi connectivity index (χ4n) is 1.34. The van der Waals surface area contributed by atoms with Gasteiger partial charge in [0.1, 0.15) is 6.07 Å². The van der Waals surface area contributed by atoms with Gasteiger partial charge < -0.3 is 10.1 Å². The van der Waals surface area contributed by atoms with Crippen molar-refractivity contribution in [3.05, 3.63) is 29.3 Å². The fourth-order valence-corrected chi connectivity index (χ4v) is 2.23. The Morgan fingerprint density at radius 2 is 2.31 bits per heavy atom. The second-order valence-electron chi connectivity index (χ2n) is 3.31. The number of thioether (sulfide) groups is 1. The van der Waals surface area contributed by atoms with E-state index in [0.717, 1.165) is 28.3 Å². The molecule has 0 bridgehead atoms. The molecular formula is C12H16N2OS. The van der Waals surface area contributed by atoms with Crippen LogP contribution in [0.1, 0.15) is 11.1 Å². The van der Waals surface area contributed by atoms with Crippen LogP contribution in [-0.2, 0) is 11.3 Å². The van der Waals surface area contributed by atoms with Gasteiger partial charge in [-0.1, -0.05) is 6.07 Å². The normalized spacial score (nSPS) is 10.1. The maximum absolute atomic E-state index is 9.05. The second-order valence-corrected chi connectivity index (χ2v) is 4.45. The summed E-state index contributed by atoms with van der Waals surface area (Å²) in [6.07, 6.45) is 0. The molecule has 4 heteroatoms. The second kappa shape index (κ2) is 7.29. The quantitative estimate of drug-likeness (QED) is 0.606. The van der Waals surface area contributed by atoms with Crippen molar-refractivity contribution in [3.8, 4) is 6.07 Å². The summed E-state index contributed by atoms with van der Waals surface area (Å²) in [5.74, 6) is 0.872. The highest BCUT2D eigenvalue weighted by Crippen LogP contribution is 2.23. The lowest BCUT2D eigenvalue weighted by Gasteiger charge is -2.06. The third-order valence-corrected chi connectivity index (χ3v) is 3.13. The molecule has 0 heterocycles. The molecule has 0 aliphatic heterocycles. The van der Waals surface area contributed by atoms with Crippen molar-refractivity contribution in [2.24, 2.45) is 0 Å². The number of nitrogens with zero attached hydrogens (tertiary/aromatic N) is 1. The van der Waals surface area contributed by atoms with Crippen LogP contribution in [0, 0.1) is 11.3 Å². The molecule has 0 saturated heterocycles. The van der Waals surface area contributed by atoms with Crippen LogP contribution in [-0.4, -0.2) is 26.5 Å². The topological polar surface area (TPSA) is 45.0 Å². The van der Waals surface area contributed by atoms with Crippen molar-refractivity contribution >= 4 is 11.8 Å². The van der Waals surface area contributed by atoms with Crippen molar-refractivity contribution in [2.45, 2.75) is 11.4 Å². The monoisotopic (exact) mass is 236 g/mol. The minimum Gasteiger partial charge on any atom is -0.384 e. The predicted octanol–water partition coefficient (Wildman–Crippen LogP) is 2.02. The largest absolute Gasteiger partial charge is 0.384 e. The molecule has 0 aliphatic rings. The maximum Gasteiger partial charge on any atom is 0.100 e. The van der Waals surface area contributed by atoms with Crippen LogP contribution in [0.3, 0.4) is 0 Å². The van der Waals surface area contributed by atoms with Gasteiger partial charge in [-0.3, -0.25) is 0 Å². The van der Waals surface area contributed by atoms with Crippen LogP contribution in [0.15, 0.2) is 23.1 Å². The molecule has 0 atom stereocenters. The Morgan fingerprint density at radius 1 is 1.50 bits per heavy atom. The van der Waals surface area contributed by atoms with E-state index in [4.69, 9.17) is 10.00 Å². The minimum absolute atomic E-state index is 0.702. The van der Waals surface area contributed by atoms with E-state index in [1.54, 1.807) is 18.9 Å². The maximum atomic E-state index is 9.05. The number of hydrogen-bond donors (Lipinski definition) is 1. The molecule has 16 heavy (non-hydrogen) atoms. The zero-order valence-electron chi connectivity index (χ0n) is 9.62. The summed E-state index contributed by atoms with van der Waals surface area (Å²) in [5, 5.41) is 12.1. The zero-order chi connectivity index (χ0) is 11.8. The van der Waals surface area contributed by atoms with Crippen molar-refractivity contribution in [3.63, 3.8) is 0 Å². The van der Waals surface area contributed by atoms with Crippen molar-refractivity contribution in [1.29, 1.82) is 5.26 Å². The van der Waals surface area contributed by atoms with Gasteiger partial charge in [0, 0.05) is 24.3 Å². The van der Waals surface area contributed by atoms with Crippen molar-refractivity contribution in [2.75, 3.05) is 26.5 Å². The van der Waals surface area contributed by atoms with E-state index in [-0.39, 0.29) is 0 Å². The third-order valence-electron chi connectivity index (χ3n) is 2.09. The number of methoxy groups -OCH3 is 1. The molecule has 86 valence electrons. The zero-order valence-corrected chi connectivity index (χ0v) is 10.4. The van der Waals surface area contributed by atoms with E-state index in [1.807, 2.05) is 25.2 Å². The summed E-state index contributed by atoms with van der Waals surface area (Å²) in [6, 6.07) is 8.22. The van der Waals surface area contributed by atoms with Gasteiger partial charge in [-0.05, 0) is 24.7 Å². The molecule has 0 radical (unpaired) electrons. The molecule has 1 N–H and O–H groups in total. The summed E-state index contributed by atoms with van der Waals surface area (Å²) in [6.45, 7) is 1.49. The highest BCUT2D eigenvalue weighted by atomic mass is 32.2. The SMILES string of the molecule is CNCc1ccc(SCCOC)c(C#N)c1. The number of nitrogens with one attached hydrogen (secondary N) is 1. The predicted molar refractivity (Wildman–Crippen MR) is 66.5 cm³/mol. The molecule has 0 fully saturated rings. The molecule has 0 aromatic heterocycles. The minimum atomic E-state index is 0.702. The van der Waals surface area contributed by atoms with E-state index in [9.17, 15) is 0 Å². The molecule has 1 aromatic carbocycles. The summed E-state index contributed by atoms with van der Waals surface area (Å²) >= 11 is 1.66. The Balaban J connectivity index is 2.73. The fraction of sp³-hybridized carbons (Fsp3) is 0.417. The Labute approximate surface area is 101 Å². The summed E-state index contributed by atoms with van der Waals surface area (Å²) in [4.78, 5) is 1.03. The number of rotatable bonds is 6. The van der Waals surface area contributed by atoms with Gasteiger partial charge in [-0.15, -0.1) is 11.8 Å². The van der Waals surface area contributed by atoms with Gasteiger partial charge in [-0.2, -0.15) is 5.26 Å². The average molecular weight is 236 g/mol. The first-order valence-corrected chi connectivity index (χ1v) is 6.09. The molecule has 0 unspecified atom stereocenters. The molecule has 0 saturated carbocycles. The molecule has 1 rings (SSSR count). The van der Waals surface area contributed by atoms with Gasteiger partial charge >= 0.3 is 0 Å². The summed E-state index contributed by atoms with van der Waals surface area (Å²) in [7, 11) is 3.58. The van der Waals surface area contributed by atoms with E-state index < -0.39 is 0 Å². The lowest BCUT2D eigenvalue weighted by atomic mass is 10.1. The smallest absolute Gasteiger partial charge is 0.100 e. The van der Waals surface area contributed by atoms with Crippen LogP contribution < -0.4 is 5.32 Å². The van der Waals surface area contributed by atoms with Gasteiger partial charge in [-0.25, -0.2) is 0 Å². The van der Waals surface area contributed by atoms with Gasteiger partial charge in [0.2, 0.25) is 0 Å². The Morgan fingerprint density at radius 3 is 2.94 bits per heavy atom. The third kappa shape index (κ3) is 3.86. The lowest BCUT2D eigenvalue weighted by molar-refractivity contribution is 0.218. The van der Waals surface area contributed by atoms with Gasteiger partial charge in [0.15, 0.2) is 0 Å². The number of nitriles is 1. The standard InChI is InChI=1S/C12H16N2OS/c1-14-9-10-3-4-12(11(7-10)8-13)16-6-5-15-2/h3-4,7,14H,5-6,9H2,1-2H3. The first kappa shape index (κ1) is 13.0. The van der Waals surface area contributed by atoms with Crippen LogP contribution in [0.25, 0.3) is 0 Å². The number of hydrogen-bond acceptors (Lipinski definition) is 4. The highest BCUT2D eigenvalue weighted by molar-refractivity contribution is 7.99. The first-order chi connectivity index (χ1) is 7.81. The molecular weight excluding hydrogens is 220 g/mol. The van der Waals surface area contributed by atoms with Crippen molar-refractivity contribution < 1.29 is 4.74 Å². The molecule has 0 amide bonds. The molecule has 0 aliphatic carbocycles. The van der Waals surface area contributed by atoms with E-state index in [2.05, 4.69) is 11.4 Å². The van der Waals surface area contributed by atoms with Gasteiger partial charge in [0.05, 0.1) is 12.2 Å². The van der Waals surface area contributed by atoms with Crippen LogP contribution in [0.2, 0.25) is 0 Å². The van der Waals surface area contributed by atoms with Crippen LogP contribution >= 0.6 is 11.8 Å². The Bertz CT molecular complexity index is 374. The highest BCUT2D eigenvalue weighted by Gasteiger charge is 2.03. The lowest BCUT2D eigenvalue weighted by Crippen LogP contribution is -2.05. The number of benzene rings is 1. The Hall–Kier alpha value is -1.02. The van der Waals surface area contributed by atoms with Crippen molar-refractivity contribution in [1.82, 2.24) is 5.32 Å². The Kier molecular flexibility index (Phi) is 5.94. The van der Waals surface area contributed by atoms with Gasteiger partial charge in [0.25, 0.3) is 0 Å². The molecule has 0 spiro atoms. The average Bonchev–Trinajstić information content (AvgIpc) is 2.31. The molecule has 3 nitrogen and oxygen atoms in total. The van der Waals surface area contributed by atoms with Crippen LogP contribution in [0.5, 0.6) is 0 Å².